The number of anilines is 6. The second-order valence-electron chi connectivity index (χ2n) is 18.5. The number of benzene rings is 4. The van der Waals surface area contributed by atoms with Gasteiger partial charge >= 0.3 is 11.9 Å². The summed E-state index contributed by atoms with van der Waals surface area (Å²) in [5, 5.41) is 41.6. The predicted molar refractivity (Wildman–Crippen MR) is 306 cm³/mol. The van der Waals surface area contributed by atoms with Crippen LogP contribution in [0.5, 0.6) is 0 Å². The summed E-state index contributed by atoms with van der Waals surface area (Å²) >= 11 is 0. The van der Waals surface area contributed by atoms with Crippen LogP contribution in [0.25, 0.3) is 44.3 Å². The standard InChI is InChI=1S/C27H31N7O4.C26H29N7O4.2CH4/c1-17-15-22(32(4)14-13-31(2)3)23(34(36)37)16-20(17)30-27-28-12-11-19(29-27)24-18-9-7-8-10-21(18)33(5)25(24)26(35)38-6;1-16-14-21(31(4)13-12-30(2)3)22(33(36)37)15-19(16)29-26-27-11-10-18(28-26)23-17-8-6-7-9-20(17)32(5)24(23)25(34)35;;/h7-12,15-16H,13-14H2,1-6H3,(H,28,29,30);6-11,14-15H,12-13H2,1-5H3,(H,34,35)(H,27,28,29);2*1H4. The number of nitro groups is 2. The van der Waals surface area contributed by atoms with Crippen molar-refractivity contribution in [1.29, 1.82) is 0 Å². The fourth-order valence-corrected chi connectivity index (χ4v) is 8.73. The number of esters is 1. The van der Waals surface area contributed by atoms with Crippen molar-refractivity contribution in [3.05, 3.63) is 140 Å². The summed E-state index contributed by atoms with van der Waals surface area (Å²) in [5.41, 5.74) is 7.76. The molecule has 0 aliphatic rings. The second-order valence-corrected chi connectivity index (χ2v) is 18.5. The summed E-state index contributed by atoms with van der Waals surface area (Å²) in [7, 11) is 16.3. The molecule has 406 valence electrons. The van der Waals surface area contributed by atoms with Gasteiger partial charge in [0.1, 0.15) is 22.8 Å². The summed E-state index contributed by atoms with van der Waals surface area (Å²) in [6.45, 7) is 6.50. The molecule has 0 aliphatic heterocycles. The first kappa shape index (κ1) is 58.9. The molecule has 22 heteroatoms. The number of ether oxygens (including phenoxy) is 1. The molecule has 0 saturated carbocycles. The first-order valence-electron chi connectivity index (χ1n) is 23.7. The van der Waals surface area contributed by atoms with Gasteiger partial charge in [0.2, 0.25) is 11.9 Å². The smallest absolute Gasteiger partial charge is 0.355 e. The molecule has 0 bridgehead atoms. The van der Waals surface area contributed by atoms with Crippen molar-refractivity contribution < 1.29 is 29.3 Å². The van der Waals surface area contributed by atoms with E-state index in [-0.39, 0.29) is 48.7 Å². The molecule has 22 nitrogen and oxygen atoms in total. The van der Waals surface area contributed by atoms with E-state index < -0.39 is 16.9 Å². The summed E-state index contributed by atoms with van der Waals surface area (Å²) in [6.07, 6.45) is 3.12. The Hall–Kier alpha value is -9.02. The van der Waals surface area contributed by atoms with Gasteiger partial charge in [0, 0.05) is 112 Å². The van der Waals surface area contributed by atoms with E-state index in [2.05, 4.69) is 30.6 Å². The Morgan fingerprint density at radius 1 is 0.623 bits per heavy atom. The number of nitro benzene ring substituents is 2. The van der Waals surface area contributed by atoms with Crippen LogP contribution in [0.3, 0.4) is 0 Å². The Morgan fingerprint density at radius 2 is 1.01 bits per heavy atom. The molecule has 0 amide bonds. The van der Waals surface area contributed by atoms with Crippen LogP contribution in [0.15, 0.2) is 97.3 Å². The highest BCUT2D eigenvalue weighted by atomic mass is 16.6. The van der Waals surface area contributed by atoms with E-state index >= 15 is 0 Å². The number of aryl methyl sites for hydroxylation is 4. The van der Waals surface area contributed by atoms with Gasteiger partial charge in [-0.3, -0.25) is 20.2 Å². The lowest BCUT2D eigenvalue weighted by Gasteiger charge is -2.22. The van der Waals surface area contributed by atoms with Crippen molar-refractivity contribution in [1.82, 2.24) is 38.9 Å². The zero-order valence-electron chi connectivity index (χ0n) is 43.7. The van der Waals surface area contributed by atoms with Crippen molar-refractivity contribution in [2.45, 2.75) is 28.7 Å². The summed E-state index contributed by atoms with van der Waals surface area (Å²) in [6, 6.07) is 25.0. The van der Waals surface area contributed by atoms with Crippen LogP contribution in [0.2, 0.25) is 0 Å². The van der Waals surface area contributed by atoms with Gasteiger partial charge in [-0.25, -0.2) is 29.5 Å². The number of para-hydroxylation sites is 2. The molecule has 3 N–H and O–H groups in total. The maximum absolute atomic E-state index is 12.7. The zero-order valence-corrected chi connectivity index (χ0v) is 43.7. The van der Waals surface area contributed by atoms with Gasteiger partial charge < -0.3 is 49.2 Å². The van der Waals surface area contributed by atoms with E-state index in [4.69, 9.17) is 4.74 Å². The number of carbonyl (C=O) groups excluding carboxylic acids is 1. The molecule has 0 aliphatic carbocycles. The number of likely N-dealkylation sites (N-methyl/N-ethyl adjacent to an activating group) is 4. The number of hydrogen-bond donors (Lipinski definition) is 3. The Kier molecular flexibility index (Phi) is 19.1. The quantitative estimate of drug-likeness (QED) is 0.0411. The molecular weight excluding hydrogens is 985 g/mol. The van der Waals surface area contributed by atoms with E-state index in [1.165, 1.54) is 25.4 Å². The lowest BCUT2D eigenvalue weighted by Crippen LogP contribution is -2.29. The molecule has 0 atom stereocenters. The first-order chi connectivity index (χ1) is 35.7. The molecule has 77 heavy (non-hydrogen) atoms. The van der Waals surface area contributed by atoms with Crippen molar-refractivity contribution >= 4 is 79.8 Å². The number of carboxylic acids is 1. The van der Waals surface area contributed by atoms with E-state index in [1.54, 1.807) is 53.7 Å². The van der Waals surface area contributed by atoms with Crippen LogP contribution in [-0.2, 0) is 18.8 Å². The normalized spacial score (nSPS) is 10.9. The van der Waals surface area contributed by atoms with Crippen molar-refractivity contribution in [2.24, 2.45) is 14.1 Å². The van der Waals surface area contributed by atoms with Crippen LogP contribution in [0, 0.1) is 34.1 Å². The number of hydrogen-bond acceptors (Lipinski definition) is 17. The second kappa shape index (κ2) is 25.0. The third-order valence-electron chi connectivity index (χ3n) is 12.7. The number of nitrogens with zero attached hydrogens (tertiary/aromatic N) is 12. The molecule has 4 heterocycles. The summed E-state index contributed by atoms with van der Waals surface area (Å²) in [4.78, 5) is 73.5. The molecule has 4 aromatic heterocycles. The topological polar surface area (TPSA) is 248 Å². The minimum absolute atomic E-state index is 0. The average molecular weight is 1050 g/mol. The maximum Gasteiger partial charge on any atom is 0.355 e. The minimum atomic E-state index is -1.07. The number of carboxylic acid groups (broad SMARTS) is 1. The summed E-state index contributed by atoms with van der Waals surface area (Å²) < 4.78 is 8.47. The number of methoxy groups -OCH3 is 1. The van der Waals surface area contributed by atoms with Gasteiger partial charge in [0.25, 0.3) is 11.4 Å². The lowest BCUT2D eigenvalue weighted by molar-refractivity contribution is -0.384. The number of nitrogens with one attached hydrogen (secondary N) is 2. The van der Waals surface area contributed by atoms with Crippen molar-refractivity contribution in [3.8, 4) is 22.5 Å². The average Bonchev–Trinajstić information content (AvgIpc) is 3.87. The van der Waals surface area contributed by atoms with E-state index in [1.807, 2.05) is 124 Å². The van der Waals surface area contributed by atoms with Gasteiger partial charge in [-0.1, -0.05) is 51.3 Å². The van der Waals surface area contributed by atoms with Crippen molar-refractivity contribution in [2.75, 3.05) is 96.0 Å². The maximum atomic E-state index is 12.7. The highest BCUT2D eigenvalue weighted by Gasteiger charge is 2.27. The Labute approximate surface area is 447 Å². The van der Waals surface area contributed by atoms with Gasteiger partial charge in [-0.15, -0.1) is 0 Å². The van der Waals surface area contributed by atoms with Crippen LogP contribution < -0.4 is 20.4 Å². The highest BCUT2D eigenvalue weighted by Crippen LogP contribution is 2.39. The van der Waals surface area contributed by atoms with Crippen LogP contribution >= 0.6 is 0 Å². The molecule has 0 spiro atoms. The minimum Gasteiger partial charge on any atom is -0.477 e. The Balaban J connectivity index is 0.000000277. The third-order valence-corrected chi connectivity index (χ3v) is 12.7. The molecule has 0 fully saturated rings. The lowest BCUT2D eigenvalue weighted by atomic mass is 10.1. The fourth-order valence-electron chi connectivity index (χ4n) is 8.73. The molecule has 8 rings (SSSR count). The van der Waals surface area contributed by atoms with E-state index in [0.29, 0.717) is 64.0 Å². The van der Waals surface area contributed by atoms with Gasteiger partial charge in [-0.05, 0) is 89.6 Å². The molecular formula is C55H68N14O8. The number of rotatable bonds is 18. The molecule has 4 aromatic carbocycles. The van der Waals surface area contributed by atoms with Crippen LogP contribution in [-0.4, -0.2) is 141 Å². The highest BCUT2D eigenvalue weighted by molar-refractivity contribution is 6.09. The van der Waals surface area contributed by atoms with Crippen LogP contribution in [0.1, 0.15) is 47.0 Å². The molecule has 0 radical (unpaired) electrons. The Morgan fingerprint density at radius 3 is 1.39 bits per heavy atom. The Bertz CT molecular complexity index is 3460. The number of fused-ring (bicyclic) bond motifs is 2. The van der Waals surface area contributed by atoms with E-state index in [0.717, 1.165) is 46.0 Å². The SMILES string of the molecule is C.C.COC(=O)c1c(-c2ccnc(Nc3cc([N+](=O)[O-])c(N(C)CCN(C)C)cc3C)n2)c2ccccc2n1C.Cc1cc(N(C)CCN(C)C)c([N+](=O)[O-])cc1Nc1nccc(-c2c(C(=O)O)n(C)c3ccccc23)n1. The van der Waals surface area contributed by atoms with Gasteiger partial charge in [0.05, 0.1) is 39.7 Å². The monoisotopic (exact) mass is 1050 g/mol. The predicted octanol–water partition coefficient (Wildman–Crippen LogP) is 9.94. The van der Waals surface area contributed by atoms with Crippen LogP contribution in [0.4, 0.5) is 46.0 Å². The number of carbonyl (C=O) groups is 2. The van der Waals surface area contributed by atoms with E-state index in [9.17, 15) is 34.9 Å². The number of aromatic nitrogens is 6. The van der Waals surface area contributed by atoms with Gasteiger partial charge in [-0.2, -0.15) is 0 Å². The van der Waals surface area contributed by atoms with Gasteiger partial charge in [0.15, 0.2) is 0 Å². The van der Waals surface area contributed by atoms with Crippen molar-refractivity contribution in [3.63, 3.8) is 0 Å². The molecule has 8 aromatic rings. The zero-order chi connectivity index (χ0) is 54.4. The summed E-state index contributed by atoms with van der Waals surface area (Å²) in [5.74, 6) is -1.10. The third kappa shape index (κ3) is 12.7. The molecule has 0 unspecified atom stereocenters. The largest absolute Gasteiger partial charge is 0.477 e. The fraction of sp³-hybridized carbons (Fsp3) is 0.309. The number of aromatic carboxylic acids is 1. The molecule has 0 saturated heterocycles. The first-order valence-corrected chi connectivity index (χ1v) is 23.7.